The van der Waals surface area contributed by atoms with E-state index in [2.05, 4.69) is 37.3 Å². The Bertz CT molecular complexity index is 536. The van der Waals surface area contributed by atoms with Crippen LogP contribution in [0.25, 0.3) is 0 Å². The van der Waals surface area contributed by atoms with Crippen molar-refractivity contribution in [2.45, 2.75) is 19.3 Å². The fourth-order valence-corrected chi connectivity index (χ4v) is 2.61. The zero-order valence-corrected chi connectivity index (χ0v) is 12.2. The van der Waals surface area contributed by atoms with Crippen LogP contribution < -0.4 is 4.74 Å². The summed E-state index contributed by atoms with van der Waals surface area (Å²) in [5, 5.41) is 0. The number of hydrogen-bond acceptors (Lipinski definition) is 1. The Morgan fingerprint density at radius 2 is 1.89 bits per heavy atom. The lowest BCUT2D eigenvalue weighted by molar-refractivity contribution is 0.408. The van der Waals surface area contributed by atoms with Gasteiger partial charge >= 0.3 is 0 Å². The van der Waals surface area contributed by atoms with Crippen LogP contribution in [0.15, 0.2) is 48.5 Å². The first-order chi connectivity index (χ1) is 9.24. The van der Waals surface area contributed by atoms with Gasteiger partial charge in [-0.25, -0.2) is 0 Å². The molecular formula is C17H19ClO. The second kappa shape index (κ2) is 6.63. The molecule has 2 heteroatoms. The summed E-state index contributed by atoms with van der Waals surface area (Å²) in [6.45, 7) is 2.11. The summed E-state index contributed by atoms with van der Waals surface area (Å²) in [5.41, 5.74) is 3.77. The van der Waals surface area contributed by atoms with Crippen molar-refractivity contribution in [3.05, 3.63) is 65.2 Å². The maximum atomic E-state index is 6.16. The van der Waals surface area contributed by atoms with E-state index in [0.29, 0.717) is 11.8 Å². The van der Waals surface area contributed by atoms with Gasteiger partial charge in [0.15, 0.2) is 0 Å². The third kappa shape index (κ3) is 3.51. The number of aryl methyl sites for hydroxylation is 1. The van der Waals surface area contributed by atoms with Gasteiger partial charge in [0.2, 0.25) is 0 Å². The Morgan fingerprint density at radius 1 is 1.11 bits per heavy atom. The van der Waals surface area contributed by atoms with E-state index in [9.17, 15) is 0 Å². The largest absolute Gasteiger partial charge is 0.496 e. The molecule has 0 radical (unpaired) electrons. The molecule has 0 bridgehead atoms. The number of methoxy groups -OCH3 is 1. The quantitative estimate of drug-likeness (QED) is 0.726. The molecule has 0 aliphatic rings. The second-order valence-corrected chi connectivity index (χ2v) is 5.09. The van der Waals surface area contributed by atoms with Crippen LogP contribution in [0.3, 0.4) is 0 Å². The van der Waals surface area contributed by atoms with Crippen molar-refractivity contribution in [1.29, 1.82) is 0 Å². The average Bonchev–Trinajstić information content (AvgIpc) is 2.45. The van der Waals surface area contributed by atoms with E-state index in [0.717, 1.165) is 12.2 Å². The van der Waals surface area contributed by atoms with E-state index in [-0.39, 0.29) is 0 Å². The number of rotatable bonds is 5. The van der Waals surface area contributed by atoms with Crippen LogP contribution in [-0.2, 0) is 6.42 Å². The van der Waals surface area contributed by atoms with Gasteiger partial charge < -0.3 is 4.74 Å². The maximum Gasteiger partial charge on any atom is 0.122 e. The third-order valence-electron chi connectivity index (χ3n) is 3.36. The van der Waals surface area contributed by atoms with Crippen LogP contribution in [0, 0.1) is 6.92 Å². The molecule has 1 unspecified atom stereocenters. The Balaban J connectivity index is 2.24. The van der Waals surface area contributed by atoms with Crippen LogP contribution in [0.4, 0.5) is 0 Å². The molecule has 0 heterocycles. The molecule has 1 atom stereocenters. The van der Waals surface area contributed by atoms with Crippen molar-refractivity contribution in [2.75, 3.05) is 13.0 Å². The van der Waals surface area contributed by atoms with Gasteiger partial charge in [-0.15, -0.1) is 11.6 Å². The zero-order chi connectivity index (χ0) is 13.7. The summed E-state index contributed by atoms with van der Waals surface area (Å²) in [4.78, 5) is 0. The van der Waals surface area contributed by atoms with Gasteiger partial charge in [-0.05, 0) is 30.5 Å². The number of para-hydroxylation sites is 1. The molecule has 0 spiro atoms. The highest BCUT2D eigenvalue weighted by molar-refractivity contribution is 6.18. The minimum Gasteiger partial charge on any atom is -0.496 e. The molecule has 0 aromatic heterocycles. The zero-order valence-electron chi connectivity index (χ0n) is 11.4. The Kier molecular flexibility index (Phi) is 4.86. The molecular weight excluding hydrogens is 256 g/mol. The molecule has 0 fully saturated rings. The number of alkyl halides is 1. The highest BCUT2D eigenvalue weighted by atomic mass is 35.5. The summed E-state index contributed by atoms with van der Waals surface area (Å²) in [6.07, 6.45) is 0.900. The minimum absolute atomic E-state index is 0.317. The summed E-state index contributed by atoms with van der Waals surface area (Å²) < 4.78 is 5.41. The summed E-state index contributed by atoms with van der Waals surface area (Å²) in [5.74, 6) is 1.87. The molecule has 0 aliphatic carbocycles. The lowest BCUT2D eigenvalue weighted by Gasteiger charge is -2.17. The topological polar surface area (TPSA) is 9.23 Å². The van der Waals surface area contributed by atoms with Gasteiger partial charge in [-0.1, -0.05) is 48.0 Å². The molecule has 100 valence electrons. The molecule has 2 rings (SSSR count). The molecule has 0 N–H and O–H groups in total. The highest BCUT2D eigenvalue weighted by Gasteiger charge is 2.13. The first-order valence-electron chi connectivity index (χ1n) is 6.49. The highest BCUT2D eigenvalue weighted by Crippen LogP contribution is 2.27. The first-order valence-corrected chi connectivity index (χ1v) is 7.02. The SMILES string of the molecule is COc1ccccc1CC(CCl)c1cccc(C)c1. The smallest absolute Gasteiger partial charge is 0.122 e. The summed E-state index contributed by atoms with van der Waals surface area (Å²) in [7, 11) is 1.71. The van der Waals surface area contributed by atoms with Gasteiger partial charge in [-0.2, -0.15) is 0 Å². The Labute approximate surface area is 120 Å². The summed E-state index contributed by atoms with van der Waals surface area (Å²) in [6, 6.07) is 16.7. The molecule has 2 aromatic rings. The molecule has 1 nitrogen and oxygen atoms in total. The van der Waals surface area contributed by atoms with E-state index in [1.807, 2.05) is 18.2 Å². The van der Waals surface area contributed by atoms with Crippen molar-refractivity contribution in [2.24, 2.45) is 0 Å². The van der Waals surface area contributed by atoms with Crippen LogP contribution in [0.2, 0.25) is 0 Å². The van der Waals surface area contributed by atoms with E-state index in [1.54, 1.807) is 7.11 Å². The monoisotopic (exact) mass is 274 g/mol. The van der Waals surface area contributed by atoms with E-state index in [4.69, 9.17) is 16.3 Å². The minimum atomic E-state index is 0.317. The van der Waals surface area contributed by atoms with Gasteiger partial charge in [0, 0.05) is 11.8 Å². The normalized spacial score (nSPS) is 12.2. The molecule has 0 saturated heterocycles. The van der Waals surface area contributed by atoms with Crippen molar-refractivity contribution in [3.8, 4) is 5.75 Å². The number of hydrogen-bond donors (Lipinski definition) is 0. The van der Waals surface area contributed by atoms with Crippen molar-refractivity contribution in [1.82, 2.24) is 0 Å². The standard InChI is InChI=1S/C17H19ClO/c1-13-6-5-8-14(10-13)16(12-18)11-15-7-3-4-9-17(15)19-2/h3-10,16H,11-12H2,1-2H3. The first kappa shape index (κ1) is 14.0. The lowest BCUT2D eigenvalue weighted by atomic mass is 9.92. The second-order valence-electron chi connectivity index (χ2n) is 4.78. The van der Waals surface area contributed by atoms with Crippen molar-refractivity contribution in [3.63, 3.8) is 0 Å². The maximum absolute atomic E-state index is 6.16. The predicted octanol–water partition coefficient (Wildman–Crippen LogP) is 4.57. The van der Waals surface area contributed by atoms with Gasteiger partial charge in [0.1, 0.15) is 5.75 Å². The lowest BCUT2D eigenvalue weighted by Crippen LogP contribution is -2.06. The molecule has 2 aromatic carbocycles. The number of halogens is 1. The molecule has 19 heavy (non-hydrogen) atoms. The molecule has 0 amide bonds. The Morgan fingerprint density at radius 3 is 2.58 bits per heavy atom. The van der Waals surface area contributed by atoms with Crippen LogP contribution in [0.5, 0.6) is 5.75 Å². The van der Waals surface area contributed by atoms with Crippen LogP contribution in [0.1, 0.15) is 22.6 Å². The molecule has 0 saturated carbocycles. The van der Waals surface area contributed by atoms with E-state index in [1.165, 1.54) is 16.7 Å². The van der Waals surface area contributed by atoms with Crippen molar-refractivity contribution >= 4 is 11.6 Å². The van der Waals surface area contributed by atoms with Gasteiger partial charge in [0.05, 0.1) is 7.11 Å². The fraction of sp³-hybridized carbons (Fsp3) is 0.294. The van der Waals surface area contributed by atoms with E-state index >= 15 is 0 Å². The molecule has 0 aliphatic heterocycles. The number of benzene rings is 2. The van der Waals surface area contributed by atoms with Gasteiger partial charge in [-0.3, -0.25) is 0 Å². The average molecular weight is 275 g/mol. The third-order valence-corrected chi connectivity index (χ3v) is 3.73. The van der Waals surface area contributed by atoms with Gasteiger partial charge in [0.25, 0.3) is 0 Å². The van der Waals surface area contributed by atoms with Crippen molar-refractivity contribution < 1.29 is 4.74 Å². The van der Waals surface area contributed by atoms with E-state index < -0.39 is 0 Å². The fourth-order valence-electron chi connectivity index (χ4n) is 2.32. The number of ether oxygens (including phenoxy) is 1. The Hall–Kier alpha value is -1.47. The van der Waals surface area contributed by atoms with Crippen LogP contribution >= 0.6 is 11.6 Å². The van der Waals surface area contributed by atoms with Crippen LogP contribution in [-0.4, -0.2) is 13.0 Å². The predicted molar refractivity (Wildman–Crippen MR) is 81.3 cm³/mol. The summed E-state index contributed by atoms with van der Waals surface area (Å²) >= 11 is 6.16.